The molecule has 0 radical (unpaired) electrons. The minimum absolute atomic E-state index is 0.133. The summed E-state index contributed by atoms with van der Waals surface area (Å²) in [6, 6.07) is 20.7. The predicted octanol–water partition coefficient (Wildman–Crippen LogP) is 5.04. The van der Waals surface area contributed by atoms with Gasteiger partial charge in [0, 0.05) is 62.8 Å². The number of carbonyl (C=O) groups is 1. The lowest BCUT2D eigenvalue weighted by atomic mass is 10.1. The zero-order valence-electron chi connectivity index (χ0n) is 21.5. The fraction of sp³-hybridized carbons (Fsp3) is 0.367. The lowest BCUT2D eigenvalue weighted by Gasteiger charge is -2.36. The summed E-state index contributed by atoms with van der Waals surface area (Å²) in [4.78, 5) is 27.9. The molecule has 7 nitrogen and oxygen atoms in total. The smallest absolute Gasteiger partial charge is 0.258 e. The van der Waals surface area contributed by atoms with Gasteiger partial charge in [-0.1, -0.05) is 36.8 Å². The lowest BCUT2D eigenvalue weighted by molar-refractivity contribution is 0.102. The van der Waals surface area contributed by atoms with Crippen LogP contribution in [-0.2, 0) is 19.5 Å². The van der Waals surface area contributed by atoms with E-state index in [1.54, 1.807) is 0 Å². The number of hydrogen-bond acceptors (Lipinski definition) is 5. The molecule has 4 aromatic rings. The highest BCUT2D eigenvalue weighted by molar-refractivity contribution is 6.11. The summed E-state index contributed by atoms with van der Waals surface area (Å²) >= 11 is 0. The molecule has 0 unspecified atom stereocenters. The molecule has 2 aliphatic rings. The highest BCUT2D eigenvalue weighted by atomic mass is 16.1. The summed E-state index contributed by atoms with van der Waals surface area (Å²) in [5.41, 5.74) is 6.34. The molecule has 1 saturated heterocycles. The van der Waals surface area contributed by atoms with Crippen molar-refractivity contribution in [1.29, 1.82) is 0 Å². The third kappa shape index (κ3) is 5.09. The second-order valence-electron chi connectivity index (χ2n) is 10.2. The molecule has 0 saturated carbocycles. The fourth-order valence-electron chi connectivity index (χ4n) is 5.55. The van der Waals surface area contributed by atoms with Gasteiger partial charge in [-0.2, -0.15) is 0 Å². The van der Waals surface area contributed by atoms with E-state index in [2.05, 4.69) is 62.1 Å². The number of imidazole rings is 1. The molecule has 0 bridgehead atoms. The molecule has 2 aliphatic heterocycles. The molecule has 7 heteroatoms. The number of piperazine rings is 1. The summed E-state index contributed by atoms with van der Waals surface area (Å²) in [6.07, 6.45) is 4.42. The summed E-state index contributed by atoms with van der Waals surface area (Å²) in [5.74, 6) is 0.916. The number of amides is 1. The van der Waals surface area contributed by atoms with Gasteiger partial charge in [0.25, 0.3) is 5.91 Å². The Morgan fingerprint density at radius 2 is 1.68 bits per heavy atom. The fourth-order valence-corrected chi connectivity index (χ4v) is 5.55. The van der Waals surface area contributed by atoms with Crippen LogP contribution in [0.3, 0.4) is 0 Å². The SMILES string of the molecule is Cc1cc(C(=O)Nc2ccc(N3CCN(Cc4ccccc4)CC3)cc2)c2nc3n(c2n1)CCCCC3. The van der Waals surface area contributed by atoms with Crippen molar-refractivity contribution in [3.63, 3.8) is 0 Å². The van der Waals surface area contributed by atoms with E-state index in [0.717, 1.165) is 81.4 Å². The van der Waals surface area contributed by atoms with Crippen LogP contribution in [0, 0.1) is 6.92 Å². The predicted molar refractivity (Wildman–Crippen MR) is 148 cm³/mol. The van der Waals surface area contributed by atoms with Crippen LogP contribution in [0.15, 0.2) is 60.7 Å². The second-order valence-corrected chi connectivity index (χ2v) is 10.2. The van der Waals surface area contributed by atoms with Gasteiger partial charge in [-0.3, -0.25) is 9.69 Å². The number of hydrogen-bond donors (Lipinski definition) is 1. The zero-order valence-corrected chi connectivity index (χ0v) is 21.5. The van der Waals surface area contributed by atoms with Crippen LogP contribution < -0.4 is 10.2 Å². The quantitative estimate of drug-likeness (QED) is 0.421. The van der Waals surface area contributed by atoms with E-state index in [1.165, 1.54) is 17.7 Å². The summed E-state index contributed by atoms with van der Waals surface area (Å²) in [7, 11) is 0. The molecule has 0 aliphatic carbocycles. The van der Waals surface area contributed by atoms with Crippen LogP contribution in [0.25, 0.3) is 11.2 Å². The summed E-state index contributed by atoms with van der Waals surface area (Å²) in [5, 5.41) is 3.09. The van der Waals surface area contributed by atoms with Crippen LogP contribution in [0.1, 0.15) is 46.7 Å². The van der Waals surface area contributed by atoms with Gasteiger partial charge in [0.2, 0.25) is 0 Å². The standard InChI is InChI=1S/C30H34N6O/c1-22-20-26(28-29(31-22)36-15-7-3-6-10-27(36)33-28)30(37)32-24-11-13-25(14-12-24)35-18-16-34(17-19-35)21-23-8-4-2-5-9-23/h2,4-5,8-9,11-14,20H,3,6-7,10,15-19,21H2,1H3,(H,32,37). The number of fused-ring (bicyclic) bond motifs is 3. The Bertz CT molecular complexity index is 1390. The van der Waals surface area contributed by atoms with E-state index < -0.39 is 0 Å². The topological polar surface area (TPSA) is 66.3 Å². The average Bonchev–Trinajstić information content (AvgIpc) is 3.10. The van der Waals surface area contributed by atoms with Gasteiger partial charge in [0.15, 0.2) is 5.65 Å². The van der Waals surface area contributed by atoms with E-state index in [1.807, 2.05) is 25.1 Å². The molecule has 1 N–H and O–H groups in total. The molecule has 2 aromatic heterocycles. The second kappa shape index (κ2) is 10.3. The molecule has 1 fully saturated rings. The summed E-state index contributed by atoms with van der Waals surface area (Å²) in [6.45, 7) is 7.95. The molecule has 190 valence electrons. The van der Waals surface area contributed by atoms with Gasteiger partial charge < -0.3 is 14.8 Å². The number of benzene rings is 2. The molecule has 4 heterocycles. The van der Waals surface area contributed by atoms with Crippen molar-refractivity contribution in [2.24, 2.45) is 0 Å². The van der Waals surface area contributed by atoms with Crippen LogP contribution in [0.4, 0.5) is 11.4 Å². The van der Waals surface area contributed by atoms with Crippen molar-refractivity contribution in [1.82, 2.24) is 19.4 Å². The Morgan fingerprint density at radius 3 is 2.46 bits per heavy atom. The van der Waals surface area contributed by atoms with Crippen LogP contribution >= 0.6 is 0 Å². The number of anilines is 2. The van der Waals surface area contributed by atoms with E-state index in [9.17, 15) is 4.79 Å². The Hall–Kier alpha value is -3.71. The molecule has 2 aromatic carbocycles. The maximum atomic E-state index is 13.3. The van der Waals surface area contributed by atoms with E-state index in [0.29, 0.717) is 11.1 Å². The third-order valence-corrected chi connectivity index (χ3v) is 7.55. The number of nitrogens with one attached hydrogen (secondary N) is 1. The van der Waals surface area contributed by atoms with Crippen molar-refractivity contribution >= 4 is 28.4 Å². The monoisotopic (exact) mass is 494 g/mol. The van der Waals surface area contributed by atoms with Crippen LogP contribution in [-0.4, -0.2) is 51.5 Å². The molecule has 0 spiro atoms. The van der Waals surface area contributed by atoms with Crippen molar-refractivity contribution < 1.29 is 4.79 Å². The average molecular weight is 495 g/mol. The molecule has 6 rings (SSSR count). The summed E-state index contributed by atoms with van der Waals surface area (Å²) < 4.78 is 2.21. The van der Waals surface area contributed by atoms with Gasteiger partial charge >= 0.3 is 0 Å². The van der Waals surface area contributed by atoms with Crippen LogP contribution in [0.5, 0.6) is 0 Å². The first kappa shape index (κ1) is 23.7. The van der Waals surface area contributed by atoms with Gasteiger partial charge in [-0.25, -0.2) is 9.97 Å². The lowest BCUT2D eigenvalue weighted by Crippen LogP contribution is -2.45. The molecule has 37 heavy (non-hydrogen) atoms. The zero-order chi connectivity index (χ0) is 25.2. The first-order valence-corrected chi connectivity index (χ1v) is 13.4. The van der Waals surface area contributed by atoms with Gasteiger partial charge in [-0.05, 0) is 55.7 Å². The first-order chi connectivity index (χ1) is 18.1. The molecule has 1 amide bonds. The van der Waals surface area contributed by atoms with Gasteiger partial charge in [0.1, 0.15) is 11.3 Å². The van der Waals surface area contributed by atoms with Crippen molar-refractivity contribution in [3.8, 4) is 0 Å². The normalized spacial score (nSPS) is 16.4. The van der Waals surface area contributed by atoms with Crippen molar-refractivity contribution in [3.05, 3.63) is 83.3 Å². The first-order valence-electron chi connectivity index (χ1n) is 13.4. The van der Waals surface area contributed by atoms with E-state index in [-0.39, 0.29) is 5.91 Å². The number of rotatable bonds is 5. The highest BCUT2D eigenvalue weighted by Gasteiger charge is 2.21. The maximum Gasteiger partial charge on any atom is 0.258 e. The number of carbonyl (C=O) groups excluding carboxylic acids is 1. The Kier molecular flexibility index (Phi) is 6.62. The number of pyridine rings is 1. The number of aryl methyl sites for hydroxylation is 3. The van der Waals surface area contributed by atoms with Crippen molar-refractivity contribution in [2.75, 3.05) is 36.4 Å². The largest absolute Gasteiger partial charge is 0.369 e. The number of aromatic nitrogens is 3. The van der Waals surface area contributed by atoms with E-state index >= 15 is 0 Å². The third-order valence-electron chi connectivity index (χ3n) is 7.55. The van der Waals surface area contributed by atoms with Crippen molar-refractivity contribution in [2.45, 2.75) is 45.7 Å². The molecule has 0 atom stereocenters. The minimum atomic E-state index is -0.133. The molecular formula is C30H34N6O. The Morgan fingerprint density at radius 1 is 0.892 bits per heavy atom. The highest BCUT2D eigenvalue weighted by Crippen LogP contribution is 2.26. The molecular weight excluding hydrogens is 460 g/mol. The Labute approximate surface area is 218 Å². The minimum Gasteiger partial charge on any atom is -0.369 e. The Balaban J connectivity index is 1.12. The van der Waals surface area contributed by atoms with Gasteiger partial charge in [-0.15, -0.1) is 0 Å². The van der Waals surface area contributed by atoms with Crippen LogP contribution in [0.2, 0.25) is 0 Å². The number of nitrogens with zero attached hydrogens (tertiary/aromatic N) is 5. The van der Waals surface area contributed by atoms with Gasteiger partial charge in [0.05, 0.1) is 5.56 Å². The van der Waals surface area contributed by atoms with E-state index in [4.69, 9.17) is 9.97 Å². The maximum absolute atomic E-state index is 13.3.